The van der Waals surface area contributed by atoms with Crippen LogP contribution in [-0.2, 0) is 6.42 Å². The van der Waals surface area contributed by atoms with Crippen LogP contribution in [0.2, 0.25) is 0 Å². The summed E-state index contributed by atoms with van der Waals surface area (Å²) in [6.07, 6.45) is 9.95. The van der Waals surface area contributed by atoms with Gasteiger partial charge in [-0.15, -0.1) is 0 Å². The second kappa shape index (κ2) is 6.48. The molecule has 0 fully saturated rings. The number of rotatable bonds is 3. The molecule has 4 heteroatoms. The monoisotopic (exact) mass is 335 g/mol. The van der Waals surface area contributed by atoms with Gasteiger partial charge in [0.1, 0.15) is 5.69 Å². The summed E-state index contributed by atoms with van der Waals surface area (Å²) in [5.41, 5.74) is 4.80. The first-order chi connectivity index (χ1) is 11.8. The number of carbonyl (C=O) groups is 1. The number of carbonyl (C=O) groups excluding carboxylic acids is 1. The van der Waals surface area contributed by atoms with Crippen molar-refractivity contribution in [2.24, 2.45) is 5.41 Å². The molecule has 0 amide bonds. The molecule has 0 radical (unpaired) electrons. The third-order valence-corrected chi connectivity index (χ3v) is 5.30. The Kier molecular flexibility index (Phi) is 4.51. The molecule has 1 aromatic heterocycles. The summed E-state index contributed by atoms with van der Waals surface area (Å²) in [5.74, 6) is 0.213. The maximum absolute atomic E-state index is 12.7. The molecule has 2 aliphatic rings. The molecule has 0 saturated carbocycles. The molecule has 0 aliphatic heterocycles. The van der Waals surface area contributed by atoms with Crippen LogP contribution in [0.4, 0.5) is 0 Å². The summed E-state index contributed by atoms with van der Waals surface area (Å²) in [6.45, 7) is 10.1. The Bertz CT molecular complexity index is 830. The highest BCUT2D eigenvalue weighted by Gasteiger charge is 2.35. The summed E-state index contributed by atoms with van der Waals surface area (Å²) in [4.78, 5) is 17.3. The van der Waals surface area contributed by atoms with E-state index in [1.54, 1.807) is 6.08 Å². The lowest BCUT2D eigenvalue weighted by Crippen LogP contribution is -2.29. The molecule has 0 N–H and O–H groups in total. The van der Waals surface area contributed by atoms with E-state index in [-0.39, 0.29) is 17.2 Å². The Balaban J connectivity index is 1.87. The second-order valence-corrected chi connectivity index (χ2v) is 8.06. The van der Waals surface area contributed by atoms with Gasteiger partial charge in [-0.25, -0.2) is 4.98 Å². The van der Waals surface area contributed by atoms with Crippen molar-refractivity contribution in [1.29, 1.82) is 5.26 Å². The van der Waals surface area contributed by atoms with Crippen LogP contribution in [0.5, 0.6) is 0 Å². The van der Waals surface area contributed by atoms with Crippen LogP contribution in [0.25, 0.3) is 0 Å². The number of ketones is 1. The molecule has 1 atom stereocenters. The average molecular weight is 335 g/mol. The zero-order valence-electron chi connectivity index (χ0n) is 15.3. The van der Waals surface area contributed by atoms with Gasteiger partial charge < -0.3 is 4.57 Å². The first-order valence-electron chi connectivity index (χ1n) is 8.85. The first kappa shape index (κ1) is 17.4. The van der Waals surface area contributed by atoms with Gasteiger partial charge in [-0.2, -0.15) is 5.26 Å². The van der Waals surface area contributed by atoms with Crippen LogP contribution in [0.15, 0.2) is 41.8 Å². The molecule has 0 saturated heterocycles. The van der Waals surface area contributed by atoms with Gasteiger partial charge in [0.05, 0.1) is 18.1 Å². The highest BCUT2D eigenvalue weighted by molar-refractivity contribution is 5.97. The number of nitrogens with zero attached hydrogens (tertiary/aromatic N) is 3. The minimum Gasteiger partial charge on any atom is -0.324 e. The quantitative estimate of drug-likeness (QED) is 0.593. The maximum Gasteiger partial charge on any atom is 0.181 e. The molecule has 25 heavy (non-hydrogen) atoms. The number of hydrogen-bond acceptors (Lipinski definition) is 3. The Hall–Kier alpha value is -2.41. The van der Waals surface area contributed by atoms with E-state index in [1.165, 1.54) is 11.1 Å². The van der Waals surface area contributed by atoms with Gasteiger partial charge in [-0.3, -0.25) is 4.79 Å². The van der Waals surface area contributed by atoms with Crippen LogP contribution >= 0.6 is 0 Å². The molecule has 1 unspecified atom stereocenters. The van der Waals surface area contributed by atoms with E-state index < -0.39 is 0 Å². The second-order valence-electron chi connectivity index (χ2n) is 8.06. The minimum absolute atomic E-state index is 0.00211. The predicted molar refractivity (Wildman–Crippen MR) is 98.1 cm³/mol. The summed E-state index contributed by atoms with van der Waals surface area (Å²) in [6, 6.07) is 2.30. The van der Waals surface area contributed by atoms with Crippen LogP contribution < -0.4 is 0 Å². The summed E-state index contributed by atoms with van der Waals surface area (Å²) in [7, 11) is 0. The lowest BCUT2D eigenvalue weighted by molar-refractivity contribution is 0.0898. The van der Waals surface area contributed by atoms with Crippen LogP contribution in [-0.4, -0.2) is 15.3 Å². The number of aromatic nitrogens is 2. The van der Waals surface area contributed by atoms with Crippen molar-refractivity contribution in [2.45, 2.75) is 58.9 Å². The first-order valence-corrected chi connectivity index (χ1v) is 8.85. The van der Waals surface area contributed by atoms with Crippen LogP contribution in [0.1, 0.15) is 68.7 Å². The fourth-order valence-electron chi connectivity index (χ4n) is 3.91. The number of fused-ring (bicyclic) bond motifs is 1. The van der Waals surface area contributed by atoms with E-state index in [4.69, 9.17) is 5.26 Å². The van der Waals surface area contributed by atoms with E-state index in [0.717, 1.165) is 37.1 Å². The van der Waals surface area contributed by atoms with Gasteiger partial charge in [0, 0.05) is 18.0 Å². The Morgan fingerprint density at radius 1 is 1.48 bits per heavy atom. The molecule has 1 aromatic rings. The van der Waals surface area contributed by atoms with E-state index in [9.17, 15) is 4.79 Å². The molecular weight excluding hydrogens is 310 g/mol. The normalized spacial score (nSPS) is 22.8. The van der Waals surface area contributed by atoms with Crippen molar-refractivity contribution in [3.05, 3.63) is 53.2 Å². The summed E-state index contributed by atoms with van der Waals surface area (Å²) in [5, 5.41) is 8.87. The number of nitriles is 1. The molecule has 0 spiro atoms. The van der Waals surface area contributed by atoms with Gasteiger partial charge in [0.2, 0.25) is 0 Å². The molecule has 3 rings (SSSR count). The van der Waals surface area contributed by atoms with Crippen molar-refractivity contribution < 1.29 is 4.79 Å². The van der Waals surface area contributed by atoms with Crippen molar-refractivity contribution in [3.8, 4) is 6.07 Å². The van der Waals surface area contributed by atoms with Crippen molar-refractivity contribution in [2.75, 3.05) is 0 Å². The SMILES string of the molecule is C=C(C#N)/C=C\C1=C(C)CCC(n2cnc3c2C(=O)CC(C)(C)C3)C1. The number of allylic oxidation sites excluding steroid dienone is 5. The predicted octanol–water partition coefficient (Wildman–Crippen LogP) is 4.72. The average Bonchev–Trinajstić information content (AvgIpc) is 2.96. The zero-order valence-corrected chi connectivity index (χ0v) is 15.3. The van der Waals surface area contributed by atoms with Gasteiger partial charge in [0.25, 0.3) is 0 Å². The van der Waals surface area contributed by atoms with Crippen LogP contribution in [0, 0.1) is 16.7 Å². The summed E-state index contributed by atoms with van der Waals surface area (Å²) < 4.78 is 2.10. The molecule has 0 aromatic carbocycles. The molecule has 1 heterocycles. The van der Waals surface area contributed by atoms with Crippen molar-refractivity contribution >= 4 is 5.78 Å². The fraction of sp³-hybridized carbons (Fsp3) is 0.476. The highest BCUT2D eigenvalue weighted by atomic mass is 16.1. The van der Waals surface area contributed by atoms with Gasteiger partial charge in [0.15, 0.2) is 5.78 Å². The molecule has 130 valence electrons. The third kappa shape index (κ3) is 3.51. The van der Waals surface area contributed by atoms with Gasteiger partial charge in [-0.1, -0.05) is 32.1 Å². The topological polar surface area (TPSA) is 58.7 Å². The van der Waals surface area contributed by atoms with E-state index in [1.807, 2.05) is 18.5 Å². The van der Waals surface area contributed by atoms with Crippen molar-refractivity contribution in [1.82, 2.24) is 9.55 Å². The fourth-order valence-corrected chi connectivity index (χ4v) is 3.91. The molecule has 2 aliphatic carbocycles. The maximum atomic E-state index is 12.7. The molecular formula is C21H25N3O. The standard InChI is InChI=1S/C21H25N3O/c1-14(12-22)5-7-16-9-17(8-6-15(16)2)24-13-23-18-10-21(3,4)11-19(25)20(18)24/h5,7,13,17H,1,6,8-11H2,2-4H3/b7-5-. The Morgan fingerprint density at radius 2 is 2.24 bits per heavy atom. The lowest BCUT2D eigenvalue weighted by Gasteiger charge is -2.31. The van der Waals surface area contributed by atoms with E-state index in [0.29, 0.717) is 12.0 Å². The number of hydrogen-bond donors (Lipinski definition) is 0. The molecule has 4 nitrogen and oxygen atoms in total. The lowest BCUT2D eigenvalue weighted by atomic mass is 9.77. The van der Waals surface area contributed by atoms with Gasteiger partial charge >= 0.3 is 0 Å². The van der Waals surface area contributed by atoms with Gasteiger partial charge in [-0.05, 0) is 49.7 Å². The number of imidazole rings is 1. The summed E-state index contributed by atoms with van der Waals surface area (Å²) >= 11 is 0. The molecule has 0 bridgehead atoms. The Morgan fingerprint density at radius 3 is 2.96 bits per heavy atom. The zero-order chi connectivity index (χ0) is 18.2. The van der Waals surface area contributed by atoms with Crippen molar-refractivity contribution in [3.63, 3.8) is 0 Å². The largest absolute Gasteiger partial charge is 0.324 e. The number of Topliss-reactive ketones (excluding diaryl/α,β-unsaturated/α-hetero) is 1. The Labute approximate surface area is 149 Å². The van der Waals surface area contributed by atoms with E-state index >= 15 is 0 Å². The third-order valence-electron chi connectivity index (χ3n) is 5.30. The van der Waals surface area contributed by atoms with E-state index in [2.05, 4.69) is 36.9 Å². The smallest absolute Gasteiger partial charge is 0.181 e. The highest BCUT2D eigenvalue weighted by Crippen LogP contribution is 2.39. The van der Waals surface area contributed by atoms with Crippen LogP contribution in [0.3, 0.4) is 0 Å². The minimum atomic E-state index is -0.00211.